The first-order valence-corrected chi connectivity index (χ1v) is 14.0. The van der Waals surface area contributed by atoms with Crippen molar-refractivity contribution in [3.05, 3.63) is 83.9 Å². The fourth-order valence-electron chi connectivity index (χ4n) is 4.48. The molecule has 2 heterocycles. The van der Waals surface area contributed by atoms with Crippen molar-refractivity contribution in [2.45, 2.75) is 37.2 Å². The number of thiazole rings is 1. The van der Waals surface area contributed by atoms with Crippen molar-refractivity contribution in [1.29, 1.82) is 0 Å². The van der Waals surface area contributed by atoms with Crippen molar-refractivity contribution in [3.63, 3.8) is 0 Å². The van der Waals surface area contributed by atoms with Gasteiger partial charge in [0.1, 0.15) is 11.8 Å². The molecular weight excluding hydrogens is 494 g/mol. The van der Waals surface area contributed by atoms with Crippen LogP contribution in [0.15, 0.2) is 77.7 Å². The van der Waals surface area contributed by atoms with E-state index in [0.717, 1.165) is 21.3 Å². The number of anilines is 1. The van der Waals surface area contributed by atoms with Crippen LogP contribution in [0.1, 0.15) is 24.0 Å². The molecule has 1 aromatic heterocycles. The Morgan fingerprint density at radius 2 is 1.86 bits per heavy atom. The SMILES string of the molecule is COc1ccc(S(=O)(=O)N2CCCC2C(=O)N(Cc2ccccc2)c2nc3ccc(C)cc3s2)cc1. The molecule has 1 saturated heterocycles. The van der Waals surface area contributed by atoms with Gasteiger partial charge in [-0.1, -0.05) is 47.7 Å². The van der Waals surface area contributed by atoms with Crippen LogP contribution in [0.4, 0.5) is 5.13 Å². The number of benzene rings is 3. The number of hydrogen-bond donors (Lipinski definition) is 0. The van der Waals surface area contributed by atoms with E-state index in [2.05, 4.69) is 6.07 Å². The van der Waals surface area contributed by atoms with Crippen LogP contribution in [0.5, 0.6) is 5.75 Å². The molecule has 0 N–H and O–H groups in total. The topological polar surface area (TPSA) is 79.8 Å². The third kappa shape index (κ3) is 4.74. The minimum atomic E-state index is -3.86. The van der Waals surface area contributed by atoms with Gasteiger partial charge in [0.2, 0.25) is 15.9 Å². The molecule has 4 aromatic rings. The Kier molecular flexibility index (Phi) is 6.79. The fraction of sp³-hybridized carbons (Fsp3) is 0.259. The van der Waals surface area contributed by atoms with Gasteiger partial charge in [-0.15, -0.1) is 0 Å². The highest BCUT2D eigenvalue weighted by Crippen LogP contribution is 2.34. The molecule has 5 rings (SSSR count). The van der Waals surface area contributed by atoms with E-state index < -0.39 is 16.1 Å². The Hall–Kier alpha value is -3.27. The number of aryl methyl sites for hydroxylation is 1. The number of nitrogens with zero attached hydrogens (tertiary/aromatic N) is 3. The van der Waals surface area contributed by atoms with E-state index in [-0.39, 0.29) is 10.8 Å². The molecule has 0 saturated carbocycles. The van der Waals surface area contributed by atoms with Crippen LogP contribution >= 0.6 is 11.3 Å². The van der Waals surface area contributed by atoms with Gasteiger partial charge in [0, 0.05) is 6.54 Å². The Morgan fingerprint density at radius 3 is 2.58 bits per heavy atom. The first-order chi connectivity index (χ1) is 17.4. The number of aromatic nitrogens is 1. The van der Waals surface area contributed by atoms with Crippen molar-refractivity contribution < 1.29 is 17.9 Å². The second-order valence-corrected chi connectivity index (χ2v) is 11.7. The van der Waals surface area contributed by atoms with Crippen molar-refractivity contribution in [1.82, 2.24) is 9.29 Å². The average molecular weight is 522 g/mol. The quantitative estimate of drug-likeness (QED) is 0.342. The van der Waals surface area contributed by atoms with Crippen LogP contribution in [-0.4, -0.2) is 43.3 Å². The Bertz CT molecular complexity index is 1480. The minimum Gasteiger partial charge on any atom is -0.497 e. The summed E-state index contributed by atoms with van der Waals surface area (Å²) < 4.78 is 34.6. The number of rotatable bonds is 7. The summed E-state index contributed by atoms with van der Waals surface area (Å²) in [6.07, 6.45) is 1.08. The molecule has 36 heavy (non-hydrogen) atoms. The molecule has 1 atom stereocenters. The third-order valence-corrected chi connectivity index (χ3v) is 9.33. The molecule has 1 unspecified atom stereocenters. The highest BCUT2D eigenvalue weighted by Gasteiger charge is 2.42. The van der Waals surface area contributed by atoms with Crippen LogP contribution in [0.2, 0.25) is 0 Å². The van der Waals surface area contributed by atoms with Crippen LogP contribution in [-0.2, 0) is 21.4 Å². The maximum atomic E-state index is 14.0. The predicted molar refractivity (Wildman–Crippen MR) is 142 cm³/mol. The van der Waals surface area contributed by atoms with Crippen molar-refractivity contribution >= 4 is 42.6 Å². The largest absolute Gasteiger partial charge is 0.497 e. The number of carbonyl (C=O) groups excluding carboxylic acids is 1. The van der Waals surface area contributed by atoms with Gasteiger partial charge < -0.3 is 4.74 Å². The number of methoxy groups -OCH3 is 1. The second-order valence-electron chi connectivity index (χ2n) is 8.83. The van der Waals surface area contributed by atoms with Gasteiger partial charge in [0.05, 0.1) is 28.8 Å². The second kappa shape index (κ2) is 10.0. The summed E-state index contributed by atoms with van der Waals surface area (Å²) in [6, 6.07) is 21.2. The molecule has 0 aliphatic carbocycles. The summed E-state index contributed by atoms with van der Waals surface area (Å²) in [5, 5.41) is 0.568. The molecule has 0 radical (unpaired) electrons. The number of fused-ring (bicyclic) bond motifs is 1. The first kappa shape index (κ1) is 24.4. The zero-order chi connectivity index (χ0) is 25.3. The summed E-state index contributed by atoms with van der Waals surface area (Å²) in [5.41, 5.74) is 2.88. The summed E-state index contributed by atoms with van der Waals surface area (Å²) in [7, 11) is -2.33. The Morgan fingerprint density at radius 1 is 1.11 bits per heavy atom. The monoisotopic (exact) mass is 521 g/mol. The highest BCUT2D eigenvalue weighted by atomic mass is 32.2. The van der Waals surface area contributed by atoms with E-state index in [9.17, 15) is 13.2 Å². The zero-order valence-electron chi connectivity index (χ0n) is 20.1. The van der Waals surface area contributed by atoms with Gasteiger partial charge in [-0.3, -0.25) is 9.69 Å². The van der Waals surface area contributed by atoms with Gasteiger partial charge >= 0.3 is 0 Å². The molecule has 1 aliphatic heterocycles. The molecule has 186 valence electrons. The maximum absolute atomic E-state index is 14.0. The van der Waals surface area contributed by atoms with E-state index >= 15 is 0 Å². The standard InChI is InChI=1S/C27H27N3O4S2/c1-19-10-15-23-25(17-19)35-27(28-23)29(18-20-7-4-3-5-8-20)26(31)24-9-6-16-30(24)36(32,33)22-13-11-21(34-2)12-14-22/h3-5,7-8,10-15,17,24H,6,9,16,18H2,1-2H3. The van der Waals surface area contributed by atoms with Gasteiger partial charge in [-0.25, -0.2) is 13.4 Å². The molecule has 0 spiro atoms. The smallest absolute Gasteiger partial charge is 0.247 e. The molecule has 1 amide bonds. The number of hydrogen-bond acceptors (Lipinski definition) is 6. The molecule has 3 aromatic carbocycles. The van der Waals surface area contributed by atoms with E-state index in [1.165, 1.54) is 34.9 Å². The van der Waals surface area contributed by atoms with Gasteiger partial charge in [0.15, 0.2) is 5.13 Å². The van der Waals surface area contributed by atoms with Crippen molar-refractivity contribution in [2.24, 2.45) is 0 Å². The number of ether oxygens (including phenoxy) is 1. The lowest BCUT2D eigenvalue weighted by molar-refractivity contribution is -0.121. The molecular formula is C27H27N3O4S2. The van der Waals surface area contributed by atoms with Crippen LogP contribution in [0.3, 0.4) is 0 Å². The third-order valence-electron chi connectivity index (χ3n) is 6.37. The summed E-state index contributed by atoms with van der Waals surface area (Å²) in [4.78, 5) is 20.6. The molecule has 9 heteroatoms. The molecule has 0 bridgehead atoms. The normalized spacial score (nSPS) is 16.3. The van der Waals surface area contributed by atoms with Crippen LogP contribution in [0, 0.1) is 6.92 Å². The van der Waals surface area contributed by atoms with Crippen LogP contribution < -0.4 is 9.64 Å². The lowest BCUT2D eigenvalue weighted by atomic mass is 10.1. The molecule has 7 nitrogen and oxygen atoms in total. The van der Waals surface area contributed by atoms with Gasteiger partial charge in [-0.2, -0.15) is 4.31 Å². The predicted octanol–water partition coefficient (Wildman–Crippen LogP) is 5.00. The Labute approximate surface area is 215 Å². The van der Waals surface area contributed by atoms with Crippen LogP contribution in [0.25, 0.3) is 10.2 Å². The van der Waals surface area contributed by atoms with E-state index in [1.807, 2.05) is 49.4 Å². The number of amides is 1. The minimum absolute atomic E-state index is 0.146. The summed E-state index contributed by atoms with van der Waals surface area (Å²) >= 11 is 1.45. The van der Waals surface area contributed by atoms with Gasteiger partial charge in [-0.05, 0) is 67.3 Å². The number of sulfonamides is 1. The molecule has 1 aliphatic rings. The fourth-order valence-corrected chi connectivity index (χ4v) is 7.20. The van der Waals surface area contributed by atoms with Crippen molar-refractivity contribution in [2.75, 3.05) is 18.6 Å². The summed E-state index contributed by atoms with van der Waals surface area (Å²) in [6.45, 7) is 2.63. The van der Waals surface area contributed by atoms with E-state index in [0.29, 0.717) is 36.8 Å². The lowest BCUT2D eigenvalue weighted by Crippen LogP contribution is -2.47. The van der Waals surface area contributed by atoms with E-state index in [4.69, 9.17) is 9.72 Å². The first-order valence-electron chi connectivity index (χ1n) is 11.8. The zero-order valence-corrected chi connectivity index (χ0v) is 21.8. The van der Waals surface area contributed by atoms with Crippen molar-refractivity contribution in [3.8, 4) is 5.75 Å². The van der Waals surface area contributed by atoms with Gasteiger partial charge in [0.25, 0.3) is 0 Å². The average Bonchev–Trinajstić information content (AvgIpc) is 3.55. The summed E-state index contributed by atoms with van der Waals surface area (Å²) in [5.74, 6) is 0.312. The van der Waals surface area contributed by atoms with E-state index in [1.54, 1.807) is 17.0 Å². The Balaban J connectivity index is 1.51. The maximum Gasteiger partial charge on any atom is 0.247 e. The molecule has 1 fully saturated rings. The lowest BCUT2D eigenvalue weighted by Gasteiger charge is -2.28. The highest BCUT2D eigenvalue weighted by molar-refractivity contribution is 7.89. The number of carbonyl (C=O) groups is 1.